The Labute approximate surface area is 218 Å². The van der Waals surface area contributed by atoms with E-state index in [1.807, 2.05) is 30.3 Å². The Bertz CT molecular complexity index is 864. The van der Waals surface area contributed by atoms with Crippen LogP contribution in [0, 0.1) is 0 Å². The molecule has 9 nitrogen and oxygen atoms in total. The number of halogens is 3. The second-order valence-corrected chi connectivity index (χ2v) is 10.1. The first kappa shape index (κ1) is 29.5. The van der Waals surface area contributed by atoms with Gasteiger partial charge in [0.15, 0.2) is 12.4 Å². The summed E-state index contributed by atoms with van der Waals surface area (Å²) < 4.78 is 20.3. The fraction of sp³-hybridized carbons (Fsp3) is 0.522. The van der Waals surface area contributed by atoms with E-state index in [-0.39, 0.29) is 38.4 Å². The summed E-state index contributed by atoms with van der Waals surface area (Å²) in [5.74, 6) is -2.03. The van der Waals surface area contributed by atoms with Gasteiger partial charge in [0.25, 0.3) is 9.70 Å². The normalized spacial score (nSPS) is 24.4. The molecule has 0 saturated carbocycles. The third-order valence-electron chi connectivity index (χ3n) is 4.95. The second-order valence-electron chi connectivity index (χ2n) is 7.81. The number of amides is 1. The Balaban J connectivity index is 2.23. The summed E-state index contributed by atoms with van der Waals surface area (Å²) in [7, 11) is 0. The molecule has 2 rings (SSSR count). The largest absolute Gasteiger partial charge is 0.457 e. The average molecular weight is 553 g/mol. The molecule has 1 amide bonds. The van der Waals surface area contributed by atoms with Crippen LogP contribution in [0.3, 0.4) is 0 Å². The van der Waals surface area contributed by atoms with Crippen molar-refractivity contribution in [3.8, 4) is 0 Å². The number of nitrogens with one attached hydrogen (secondary N) is 1. The predicted octanol–water partition coefficient (Wildman–Crippen LogP) is 2.63. The number of carbonyl (C=O) groups excluding carboxylic acids is 3. The molecular weight excluding hydrogens is 525 g/mol. The van der Waals surface area contributed by atoms with Crippen LogP contribution in [-0.4, -0.2) is 70.4 Å². The number of hydrogen-bond donors (Lipinski definition) is 2. The molecule has 0 bridgehead atoms. The highest BCUT2D eigenvalue weighted by Crippen LogP contribution is 2.30. The fourth-order valence-electron chi connectivity index (χ4n) is 3.24. The molecule has 2 N–H and O–H groups in total. The molecule has 0 radical (unpaired) electrons. The van der Waals surface area contributed by atoms with Crippen LogP contribution in [0.2, 0.25) is 0 Å². The number of rotatable bonds is 12. The molecule has 35 heavy (non-hydrogen) atoms. The number of esters is 1. The van der Waals surface area contributed by atoms with Crippen molar-refractivity contribution in [1.29, 1.82) is 0 Å². The quantitative estimate of drug-likeness (QED) is 0.231. The molecule has 12 heteroatoms. The van der Waals surface area contributed by atoms with Gasteiger partial charge >= 0.3 is 5.97 Å². The van der Waals surface area contributed by atoms with Gasteiger partial charge < -0.3 is 34.2 Å². The third-order valence-corrected chi connectivity index (χ3v) is 5.46. The maximum absolute atomic E-state index is 12.4. The zero-order chi connectivity index (χ0) is 26.0. The number of carbonyl (C=O) groups is 3. The molecule has 1 fully saturated rings. The first-order chi connectivity index (χ1) is 16.5. The number of alkyl halides is 3. The maximum atomic E-state index is 12.4. The Morgan fingerprint density at radius 1 is 1.20 bits per heavy atom. The summed E-state index contributed by atoms with van der Waals surface area (Å²) >= 11 is 17.0. The summed E-state index contributed by atoms with van der Waals surface area (Å²) in [6.07, 6.45) is -3.86. The van der Waals surface area contributed by atoms with Crippen molar-refractivity contribution < 1.29 is 38.4 Å². The van der Waals surface area contributed by atoms with Gasteiger partial charge in [-0.15, -0.1) is 6.58 Å². The maximum Gasteiger partial charge on any atom is 0.306 e. The van der Waals surface area contributed by atoms with E-state index in [1.165, 1.54) is 13.0 Å². The van der Waals surface area contributed by atoms with Crippen LogP contribution >= 0.6 is 34.8 Å². The van der Waals surface area contributed by atoms with Crippen molar-refractivity contribution in [2.75, 3.05) is 13.2 Å². The lowest BCUT2D eigenvalue weighted by molar-refractivity contribution is -0.273. The molecule has 1 heterocycles. The molecule has 5 atom stereocenters. The number of benzene rings is 1. The molecular formula is C23H28Cl3NO8. The Kier molecular flexibility index (Phi) is 11.9. The van der Waals surface area contributed by atoms with Crippen molar-refractivity contribution in [3.63, 3.8) is 0 Å². The van der Waals surface area contributed by atoms with Gasteiger partial charge in [-0.2, -0.15) is 0 Å². The van der Waals surface area contributed by atoms with E-state index < -0.39 is 46.3 Å². The number of aliphatic hydroxyl groups excluding tert-OH is 1. The van der Waals surface area contributed by atoms with Gasteiger partial charge in [-0.3, -0.25) is 9.59 Å². The third kappa shape index (κ3) is 9.69. The molecule has 0 spiro atoms. The fourth-order valence-corrected chi connectivity index (χ4v) is 3.41. The van der Waals surface area contributed by atoms with Crippen LogP contribution in [0.25, 0.3) is 0 Å². The molecule has 0 unspecified atom stereocenters. The topological polar surface area (TPSA) is 120 Å². The van der Waals surface area contributed by atoms with Crippen LogP contribution < -0.4 is 5.32 Å². The van der Waals surface area contributed by atoms with Gasteiger partial charge in [0, 0.05) is 6.42 Å². The van der Waals surface area contributed by atoms with Crippen molar-refractivity contribution in [2.45, 2.75) is 60.8 Å². The van der Waals surface area contributed by atoms with Gasteiger partial charge in [0.1, 0.15) is 24.0 Å². The van der Waals surface area contributed by atoms with E-state index in [0.717, 1.165) is 5.56 Å². The number of hydrogen-bond acceptors (Lipinski definition) is 8. The number of ether oxygens (including phenoxy) is 4. The minimum absolute atomic E-state index is 0.00347. The summed E-state index contributed by atoms with van der Waals surface area (Å²) in [5.41, 5.74) is 0.900. The predicted molar refractivity (Wildman–Crippen MR) is 129 cm³/mol. The van der Waals surface area contributed by atoms with E-state index in [1.54, 1.807) is 0 Å². The molecule has 1 saturated heterocycles. The van der Waals surface area contributed by atoms with Crippen molar-refractivity contribution in [3.05, 3.63) is 48.6 Å². The lowest BCUT2D eigenvalue weighted by Gasteiger charge is -2.44. The van der Waals surface area contributed by atoms with Crippen molar-refractivity contribution in [1.82, 2.24) is 5.32 Å². The number of Topliss-reactive ketones (excluding diaryl/α,β-unsaturated/α-hetero) is 1. The van der Waals surface area contributed by atoms with Crippen LogP contribution in [0.5, 0.6) is 0 Å². The van der Waals surface area contributed by atoms with Crippen LogP contribution in [0.1, 0.15) is 25.3 Å². The molecule has 1 aromatic rings. The molecule has 194 valence electrons. The van der Waals surface area contributed by atoms with E-state index in [0.29, 0.717) is 0 Å². The lowest BCUT2D eigenvalue weighted by Crippen LogP contribution is -2.66. The summed E-state index contributed by atoms with van der Waals surface area (Å²) in [5, 5.41) is 13.4. The monoisotopic (exact) mass is 551 g/mol. The molecule has 0 aliphatic carbocycles. The van der Waals surface area contributed by atoms with Crippen molar-refractivity contribution in [2.24, 2.45) is 0 Å². The van der Waals surface area contributed by atoms with E-state index >= 15 is 0 Å². The average Bonchev–Trinajstić information content (AvgIpc) is 2.80. The van der Waals surface area contributed by atoms with Crippen LogP contribution in [0.15, 0.2) is 43.0 Å². The van der Waals surface area contributed by atoms with Crippen molar-refractivity contribution >= 4 is 52.5 Å². The molecule has 1 aliphatic heterocycles. The smallest absolute Gasteiger partial charge is 0.306 e. The van der Waals surface area contributed by atoms with E-state index in [4.69, 9.17) is 53.8 Å². The van der Waals surface area contributed by atoms with E-state index in [9.17, 15) is 19.5 Å². The van der Waals surface area contributed by atoms with Gasteiger partial charge in [-0.1, -0.05) is 71.2 Å². The Hall–Kier alpha value is -1.72. The number of aliphatic hydroxyl groups is 1. The van der Waals surface area contributed by atoms with Gasteiger partial charge in [0.05, 0.1) is 26.2 Å². The highest BCUT2D eigenvalue weighted by Gasteiger charge is 2.50. The van der Waals surface area contributed by atoms with Crippen LogP contribution in [-0.2, 0) is 39.9 Å². The van der Waals surface area contributed by atoms with Gasteiger partial charge in [0.2, 0.25) is 0 Å². The van der Waals surface area contributed by atoms with Gasteiger partial charge in [-0.05, 0) is 12.5 Å². The van der Waals surface area contributed by atoms with Gasteiger partial charge in [-0.25, -0.2) is 0 Å². The summed E-state index contributed by atoms with van der Waals surface area (Å²) in [6, 6.07) is 8.08. The SMILES string of the molecule is C=CCO[C@@H]1O[C@H](COCc2ccccc2)[C@@H](O)[C@H](OC(=O)CCC(C)=O)[C@H]1NC(=O)C(Cl)(Cl)Cl. The Morgan fingerprint density at radius 3 is 2.49 bits per heavy atom. The molecule has 0 aromatic heterocycles. The second kappa shape index (κ2) is 14.1. The number of ketones is 1. The zero-order valence-corrected chi connectivity index (χ0v) is 21.3. The molecule has 1 aliphatic rings. The summed E-state index contributed by atoms with van der Waals surface area (Å²) in [4.78, 5) is 36.1. The molecule has 1 aromatic carbocycles. The minimum Gasteiger partial charge on any atom is -0.457 e. The first-order valence-corrected chi connectivity index (χ1v) is 11.9. The standard InChI is InChI=1S/C23H28Cl3NO8/c1-3-11-33-21-18(27-22(31)23(24,25)26)20(35-17(29)10-9-14(2)28)19(30)16(34-21)13-32-12-15-7-5-4-6-8-15/h3-8,16,18-21,30H,1,9-13H2,2H3,(H,27,31)/t16-,18-,19-,20-,21-/m1/s1. The Morgan fingerprint density at radius 2 is 1.89 bits per heavy atom. The highest BCUT2D eigenvalue weighted by molar-refractivity contribution is 6.76. The first-order valence-electron chi connectivity index (χ1n) is 10.8. The zero-order valence-electron chi connectivity index (χ0n) is 19.0. The lowest BCUT2D eigenvalue weighted by atomic mass is 9.96. The van der Waals surface area contributed by atoms with E-state index in [2.05, 4.69) is 11.9 Å². The van der Waals surface area contributed by atoms with Crippen LogP contribution in [0.4, 0.5) is 0 Å². The summed E-state index contributed by atoms with van der Waals surface area (Å²) in [6.45, 7) is 5.06. The highest BCUT2D eigenvalue weighted by atomic mass is 35.6. The minimum atomic E-state index is -2.34.